The molecule has 0 aliphatic rings. The van der Waals surface area contributed by atoms with Gasteiger partial charge in [-0.05, 0) is 60.2 Å². The third kappa shape index (κ3) is 4.98. The quantitative estimate of drug-likeness (QED) is 0.713. The highest BCUT2D eigenvalue weighted by molar-refractivity contribution is 6.05. The van der Waals surface area contributed by atoms with E-state index in [1.807, 2.05) is 0 Å². The fourth-order valence-electron chi connectivity index (χ4n) is 2.47. The van der Waals surface area contributed by atoms with Crippen molar-refractivity contribution in [1.29, 1.82) is 0 Å². The van der Waals surface area contributed by atoms with Gasteiger partial charge >= 0.3 is 0 Å². The molecule has 0 radical (unpaired) electrons. The number of nitrogens with one attached hydrogen (secondary N) is 2. The largest absolute Gasteiger partial charge is 0.348 e. The number of halogens is 2. The molecule has 0 aliphatic heterocycles. The van der Waals surface area contributed by atoms with Crippen molar-refractivity contribution in [2.75, 3.05) is 5.32 Å². The first-order valence-electron chi connectivity index (χ1n) is 8.21. The van der Waals surface area contributed by atoms with E-state index in [1.165, 1.54) is 42.5 Å². The average Bonchev–Trinajstić information content (AvgIpc) is 2.67. The number of hydrogen-bond acceptors (Lipinski definition) is 2. The van der Waals surface area contributed by atoms with Crippen molar-refractivity contribution in [2.24, 2.45) is 0 Å². The molecule has 0 spiro atoms. The van der Waals surface area contributed by atoms with Gasteiger partial charge in [0.15, 0.2) is 0 Å². The monoisotopic (exact) mass is 366 g/mol. The second-order valence-electron chi connectivity index (χ2n) is 5.85. The van der Waals surface area contributed by atoms with E-state index in [0.717, 1.165) is 0 Å². The fourth-order valence-corrected chi connectivity index (χ4v) is 2.47. The molecule has 27 heavy (non-hydrogen) atoms. The summed E-state index contributed by atoms with van der Waals surface area (Å²) in [5, 5.41) is 5.36. The van der Waals surface area contributed by atoms with E-state index >= 15 is 0 Å². The molecule has 2 N–H and O–H groups in total. The van der Waals surface area contributed by atoms with Crippen molar-refractivity contribution in [3.05, 3.63) is 101 Å². The Morgan fingerprint density at radius 1 is 0.741 bits per heavy atom. The average molecular weight is 366 g/mol. The van der Waals surface area contributed by atoms with Gasteiger partial charge in [-0.1, -0.05) is 18.2 Å². The molecule has 3 aromatic rings. The summed E-state index contributed by atoms with van der Waals surface area (Å²) < 4.78 is 26.1. The van der Waals surface area contributed by atoms with Gasteiger partial charge in [0.05, 0.1) is 0 Å². The minimum atomic E-state index is -0.427. The minimum Gasteiger partial charge on any atom is -0.348 e. The van der Waals surface area contributed by atoms with Crippen LogP contribution in [0, 0.1) is 11.6 Å². The van der Waals surface area contributed by atoms with Crippen LogP contribution in [-0.2, 0) is 6.54 Å². The number of benzene rings is 3. The standard InChI is InChI=1S/C21H16F2N2O2/c22-17-9-7-15(8-10-17)21(27)25-19-6-2-4-16(12-19)20(26)24-13-14-3-1-5-18(23)11-14/h1-12H,13H2,(H,24,26)(H,25,27). The summed E-state index contributed by atoms with van der Waals surface area (Å²) in [5.74, 6) is -1.56. The van der Waals surface area contributed by atoms with E-state index in [9.17, 15) is 18.4 Å². The van der Waals surface area contributed by atoms with Gasteiger partial charge in [0.25, 0.3) is 11.8 Å². The Hall–Kier alpha value is -3.54. The molecule has 3 aromatic carbocycles. The first-order valence-corrected chi connectivity index (χ1v) is 8.21. The Morgan fingerprint density at radius 3 is 2.22 bits per heavy atom. The van der Waals surface area contributed by atoms with Gasteiger partial charge in [0.1, 0.15) is 11.6 Å². The van der Waals surface area contributed by atoms with Gasteiger partial charge in [-0.3, -0.25) is 9.59 Å². The van der Waals surface area contributed by atoms with Gasteiger partial charge in [-0.25, -0.2) is 8.78 Å². The van der Waals surface area contributed by atoms with E-state index in [0.29, 0.717) is 22.4 Å². The molecule has 2 amide bonds. The molecule has 6 heteroatoms. The molecule has 0 aliphatic carbocycles. The lowest BCUT2D eigenvalue weighted by Crippen LogP contribution is -2.23. The Kier molecular flexibility index (Phi) is 5.56. The summed E-state index contributed by atoms with van der Waals surface area (Å²) in [6, 6.07) is 17.5. The van der Waals surface area contributed by atoms with Crippen LogP contribution in [0.15, 0.2) is 72.8 Å². The van der Waals surface area contributed by atoms with Gasteiger partial charge in [0, 0.05) is 23.4 Å². The van der Waals surface area contributed by atoms with Crippen molar-refractivity contribution in [1.82, 2.24) is 5.32 Å². The highest BCUT2D eigenvalue weighted by Gasteiger charge is 2.10. The molecular formula is C21H16F2N2O2. The maximum Gasteiger partial charge on any atom is 0.255 e. The smallest absolute Gasteiger partial charge is 0.255 e. The third-order valence-corrected chi connectivity index (χ3v) is 3.83. The van der Waals surface area contributed by atoms with E-state index in [4.69, 9.17) is 0 Å². The van der Waals surface area contributed by atoms with Crippen molar-refractivity contribution in [3.63, 3.8) is 0 Å². The summed E-state index contributed by atoms with van der Waals surface area (Å²) in [5.41, 5.74) is 1.73. The van der Waals surface area contributed by atoms with Gasteiger partial charge < -0.3 is 10.6 Å². The van der Waals surface area contributed by atoms with E-state index < -0.39 is 11.7 Å². The molecule has 0 aromatic heterocycles. The van der Waals surface area contributed by atoms with Crippen LogP contribution in [0.3, 0.4) is 0 Å². The molecule has 3 rings (SSSR count). The van der Waals surface area contributed by atoms with Gasteiger partial charge in [-0.15, -0.1) is 0 Å². The number of hydrogen-bond donors (Lipinski definition) is 2. The van der Waals surface area contributed by atoms with Gasteiger partial charge in [-0.2, -0.15) is 0 Å². The first-order chi connectivity index (χ1) is 13.0. The first kappa shape index (κ1) is 18.3. The molecule has 0 fully saturated rings. The summed E-state index contributed by atoms with van der Waals surface area (Å²) in [4.78, 5) is 24.5. The molecule has 136 valence electrons. The van der Waals surface area contributed by atoms with Crippen LogP contribution in [0.4, 0.5) is 14.5 Å². The van der Waals surface area contributed by atoms with Crippen LogP contribution >= 0.6 is 0 Å². The summed E-state index contributed by atoms with van der Waals surface area (Å²) in [6.45, 7) is 0.183. The van der Waals surface area contributed by atoms with Crippen LogP contribution in [0.5, 0.6) is 0 Å². The molecule has 0 saturated carbocycles. The maximum absolute atomic E-state index is 13.2. The van der Waals surface area contributed by atoms with Crippen LogP contribution < -0.4 is 10.6 Å². The molecule has 4 nitrogen and oxygen atoms in total. The maximum atomic E-state index is 13.2. The number of amides is 2. The zero-order valence-electron chi connectivity index (χ0n) is 14.2. The number of carbonyl (C=O) groups excluding carboxylic acids is 2. The summed E-state index contributed by atoms with van der Waals surface area (Å²) in [7, 11) is 0. The lowest BCUT2D eigenvalue weighted by atomic mass is 10.1. The van der Waals surface area contributed by atoms with Crippen molar-refractivity contribution >= 4 is 17.5 Å². The highest BCUT2D eigenvalue weighted by atomic mass is 19.1. The van der Waals surface area contributed by atoms with E-state index in [2.05, 4.69) is 10.6 Å². The van der Waals surface area contributed by atoms with Crippen molar-refractivity contribution in [2.45, 2.75) is 6.54 Å². The Balaban J connectivity index is 1.64. The SMILES string of the molecule is O=C(NCc1cccc(F)c1)c1cccc(NC(=O)c2ccc(F)cc2)c1. The molecule has 0 saturated heterocycles. The zero-order chi connectivity index (χ0) is 19.2. The predicted octanol–water partition coefficient (Wildman–Crippen LogP) is 4.15. The van der Waals surface area contributed by atoms with Crippen molar-refractivity contribution < 1.29 is 18.4 Å². The molecule has 0 unspecified atom stereocenters. The van der Waals surface area contributed by atoms with Crippen LogP contribution in [-0.4, -0.2) is 11.8 Å². The second-order valence-corrected chi connectivity index (χ2v) is 5.85. The molecule has 0 heterocycles. The minimum absolute atomic E-state index is 0.183. The molecule has 0 atom stereocenters. The Bertz CT molecular complexity index is 972. The Morgan fingerprint density at radius 2 is 1.48 bits per heavy atom. The number of rotatable bonds is 5. The third-order valence-electron chi connectivity index (χ3n) is 3.83. The van der Waals surface area contributed by atoms with E-state index in [1.54, 1.807) is 30.3 Å². The van der Waals surface area contributed by atoms with Crippen LogP contribution in [0.25, 0.3) is 0 Å². The topological polar surface area (TPSA) is 58.2 Å². The number of carbonyl (C=O) groups is 2. The van der Waals surface area contributed by atoms with Gasteiger partial charge in [0.2, 0.25) is 0 Å². The lowest BCUT2D eigenvalue weighted by molar-refractivity contribution is 0.0949. The molecule has 0 bridgehead atoms. The van der Waals surface area contributed by atoms with Crippen LogP contribution in [0.2, 0.25) is 0 Å². The highest BCUT2D eigenvalue weighted by Crippen LogP contribution is 2.13. The van der Waals surface area contributed by atoms with Crippen molar-refractivity contribution in [3.8, 4) is 0 Å². The second kappa shape index (κ2) is 8.23. The Labute approximate surface area is 154 Å². The predicted molar refractivity (Wildman–Crippen MR) is 98.4 cm³/mol. The zero-order valence-corrected chi connectivity index (χ0v) is 14.2. The van der Waals surface area contributed by atoms with E-state index in [-0.39, 0.29) is 18.3 Å². The number of anilines is 1. The fraction of sp³-hybridized carbons (Fsp3) is 0.0476. The molecular weight excluding hydrogens is 350 g/mol. The normalized spacial score (nSPS) is 10.3. The summed E-state index contributed by atoms with van der Waals surface area (Å²) >= 11 is 0. The summed E-state index contributed by atoms with van der Waals surface area (Å²) in [6.07, 6.45) is 0. The van der Waals surface area contributed by atoms with Crippen LogP contribution in [0.1, 0.15) is 26.3 Å². The lowest BCUT2D eigenvalue weighted by Gasteiger charge is -2.09.